The van der Waals surface area contributed by atoms with E-state index in [1.807, 2.05) is 0 Å². The average Bonchev–Trinajstić information content (AvgIpc) is 2.23. The number of carbonyl (C=O) groups is 3. The van der Waals surface area contributed by atoms with Crippen LogP contribution < -0.4 is 11.5 Å². The van der Waals surface area contributed by atoms with Crippen molar-refractivity contribution in [2.45, 2.75) is 32.9 Å². The molecule has 0 aliphatic heterocycles. The third kappa shape index (κ3) is 4.81. The maximum atomic E-state index is 11.8. The number of amides is 2. The molecule has 17 heavy (non-hydrogen) atoms. The Labute approximate surface area is 100 Å². The van der Waals surface area contributed by atoms with Gasteiger partial charge in [0.2, 0.25) is 5.91 Å². The second-order valence-electron chi connectivity index (χ2n) is 3.76. The topological polar surface area (TPSA) is 116 Å². The molecule has 0 aliphatic rings. The van der Waals surface area contributed by atoms with Gasteiger partial charge in [-0.2, -0.15) is 0 Å². The van der Waals surface area contributed by atoms with Crippen molar-refractivity contribution in [1.29, 1.82) is 0 Å². The van der Waals surface area contributed by atoms with E-state index in [1.165, 1.54) is 0 Å². The highest BCUT2D eigenvalue weighted by Gasteiger charge is 2.30. The van der Waals surface area contributed by atoms with E-state index in [9.17, 15) is 14.4 Å². The fourth-order valence-electron chi connectivity index (χ4n) is 1.19. The molecule has 0 saturated carbocycles. The van der Waals surface area contributed by atoms with Crippen LogP contribution in [0.15, 0.2) is 0 Å². The minimum Gasteiger partial charge on any atom is -0.464 e. The summed E-state index contributed by atoms with van der Waals surface area (Å²) in [7, 11) is 0. The molecule has 0 aromatic rings. The van der Waals surface area contributed by atoms with Crippen LogP contribution in [0.3, 0.4) is 0 Å². The molecule has 0 aromatic carbocycles. The molecule has 4 N–H and O–H groups in total. The van der Waals surface area contributed by atoms with Crippen LogP contribution in [0.25, 0.3) is 0 Å². The second-order valence-corrected chi connectivity index (χ2v) is 3.76. The normalized spacial score (nSPS) is 12.1. The predicted octanol–water partition coefficient (Wildman–Crippen LogP) is -1.40. The third-order valence-corrected chi connectivity index (χ3v) is 2.04. The molecule has 1 atom stereocenters. The zero-order chi connectivity index (χ0) is 13.6. The molecule has 0 radical (unpaired) electrons. The fourth-order valence-corrected chi connectivity index (χ4v) is 1.19. The average molecular weight is 245 g/mol. The van der Waals surface area contributed by atoms with Gasteiger partial charge in [-0.3, -0.25) is 9.59 Å². The van der Waals surface area contributed by atoms with Crippen LogP contribution >= 0.6 is 0 Å². The predicted molar refractivity (Wildman–Crippen MR) is 60.7 cm³/mol. The van der Waals surface area contributed by atoms with Crippen LogP contribution in [0.4, 0.5) is 0 Å². The Bertz CT molecular complexity index is 304. The molecule has 0 rings (SSSR count). The van der Waals surface area contributed by atoms with Crippen molar-refractivity contribution in [1.82, 2.24) is 4.90 Å². The number of carbonyl (C=O) groups excluding carboxylic acids is 3. The van der Waals surface area contributed by atoms with Gasteiger partial charge >= 0.3 is 5.97 Å². The first-order valence-corrected chi connectivity index (χ1v) is 5.32. The van der Waals surface area contributed by atoms with Crippen LogP contribution in [-0.4, -0.2) is 47.9 Å². The number of hydrogen-bond acceptors (Lipinski definition) is 5. The number of nitrogens with two attached hydrogens (primary N) is 2. The van der Waals surface area contributed by atoms with Gasteiger partial charge in [-0.15, -0.1) is 0 Å². The Morgan fingerprint density at radius 3 is 2.18 bits per heavy atom. The zero-order valence-corrected chi connectivity index (χ0v) is 10.3. The zero-order valence-electron chi connectivity index (χ0n) is 10.3. The number of hydrogen-bond donors (Lipinski definition) is 2. The molecule has 0 aromatic heterocycles. The SMILES string of the molecule is CCOC(=O)C(N)C(=O)N(CC(N)=O)C(C)C. The number of nitrogens with zero attached hydrogens (tertiary/aromatic N) is 1. The smallest absolute Gasteiger partial charge is 0.332 e. The molecule has 0 bridgehead atoms. The van der Waals surface area contributed by atoms with Gasteiger partial charge in [0.15, 0.2) is 6.04 Å². The molecule has 0 spiro atoms. The molecule has 7 heteroatoms. The van der Waals surface area contributed by atoms with Crippen LogP contribution in [-0.2, 0) is 19.1 Å². The fraction of sp³-hybridized carbons (Fsp3) is 0.700. The van der Waals surface area contributed by atoms with Gasteiger partial charge in [0.1, 0.15) is 0 Å². The molecular formula is C10H19N3O4. The molecule has 0 fully saturated rings. The summed E-state index contributed by atoms with van der Waals surface area (Å²) >= 11 is 0. The minimum atomic E-state index is -1.42. The van der Waals surface area contributed by atoms with E-state index in [0.29, 0.717) is 0 Å². The van der Waals surface area contributed by atoms with Gasteiger partial charge in [-0.25, -0.2) is 4.79 Å². The summed E-state index contributed by atoms with van der Waals surface area (Å²) < 4.78 is 4.63. The second kappa shape index (κ2) is 6.85. The van der Waals surface area contributed by atoms with E-state index in [-0.39, 0.29) is 19.2 Å². The number of ether oxygens (including phenoxy) is 1. The highest BCUT2D eigenvalue weighted by molar-refractivity contribution is 6.02. The Kier molecular flexibility index (Phi) is 6.19. The van der Waals surface area contributed by atoms with Crippen molar-refractivity contribution in [3.63, 3.8) is 0 Å². The van der Waals surface area contributed by atoms with Crippen molar-refractivity contribution in [3.8, 4) is 0 Å². The summed E-state index contributed by atoms with van der Waals surface area (Å²) in [6.45, 7) is 4.86. The summed E-state index contributed by atoms with van der Waals surface area (Å²) in [6.07, 6.45) is 0. The lowest BCUT2D eigenvalue weighted by Gasteiger charge is -2.27. The monoisotopic (exact) mass is 245 g/mol. The van der Waals surface area contributed by atoms with Crippen LogP contribution in [0.1, 0.15) is 20.8 Å². The summed E-state index contributed by atoms with van der Waals surface area (Å²) in [5.74, 6) is -2.15. The number of primary amides is 1. The Balaban J connectivity index is 4.71. The van der Waals surface area contributed by atoms with Crippen molar-refractivity contribution in [2.24, 2.45) is 11.5 Å². The van der Waals surface area contributed by atoms with Crippen molar-refractivity contribution < 1.29 is 19.1 Å². The lowest BCUT2D eigenvalue weighted by Crippen LogP contribution is -2.53. The van der Waals surface area contributed by atoms with Crippen LogP contribution in [0.5, 0.6) is 0 Å². The van der Waals surface area contributed by atoms with Gasteiger partial charge in [-0.05, 0) is 20.8 Å². The highest BCUT2D eigenvalue weighted by atomic mass is 16.5. The van der Waals surface area contributed by atoms with Crippen LogP contribution in [0.2, 0.25) is 0 Å². The first kappa shape index (κ1) is 15.4. The van der Waals surface area contributed by atoms with E-state index < -0.39 is 23.8 Å². The first-order chi connectivity index (χ1) is 7.81. The summed E-state index contributed by atoms with van der Waals surface area (Å²) in [5, 5.41) is 0. The minimum absolute atomic E-state index is 0.136. The van der Waals surface area contributed by atoms with Gasteiger partial charge < -0.3 is 21.1 Å². The molecule has 98 valence electrons. The molecule has 1 unspecified atom stereocenters. The van der Waals surface area contributed by atoms with E-state index in [1.54, 1.807) is 20.8 Å². The molecule has 0 saturated heterocycles. The van der Waals surface area contributed by atoms with Gasteiger partial charge in [0.05, 0.1) is 13.2 Å². The quantitative estimate of drug-likeness (QED) is 0.441. The largest absolute Gasteiger partial charge is 0.464 e. The lowest BCUT2D eigenvalue weighted by molar-refractivity contribution is -0.152. The maximum absolute atomic E-state index is 11.8. The van der Waals surface area contributed by atoms with Gasteiger partial charge in [0, 0.05) is 6.04 Å². The van der Waals surface area contributed by atoms with E-state index in [4.69, 9.17) is 11.5 Å². The lowest BCUT2D eigenvalue weighted by atomic mass is 10.2. The first-order valence-electron chi connectivity index (χ1n) is 5.32. The molecule has 2 amide bonds. The standard InChI is InChI=1S/C10H19N3O4/c1-4-17-10(16)8(12)9(15)13(6(2)3)5-7(11)14/h6,8H,4-5,12H2,1-3H3,(H2,11,14). The number of esters is 1. The van der Waals surface area contributed by atoms with Crippen LogP contribution in [0, 0.1) is 0 Å². The highest BCUT2D eigenvalue weighted by Crippen LogP contribution is 2.02. The molecule has 0 aliphatic carbocycles. The summed E-state index contributed by atoms with van der Waals surface area (Å²) in [6, 6.07) is -1.70. The van der Waals surface area contributed by atoms with E-state index >= 15 is 0 Å². The Morgan fingerprint density at radius 1 is 1.29 bits per heavy atom. The molecule has 0 heterocycles. The van der Waals surface area contributed by atoms with Crippen molar-refractivity contribution >= 4 is 17.8 Å². The Hall–Kier alpha value is -1.63. The number of rotatable bonds is 6. The van der Waals surface area contributed by atoms with Gasteiger partial charge in [0.25, 0.3) is 5.91 Å². The Morgan fingerprint density at radius 2 is 1.82 bits per heavy atom. The van der Waals surface area contributed by atoms with E-state index in [2.05, 4.69) is 4.74 Å². The summed E-state index contributed by atoms with van der Waals surface area (Å²) in [5.41, 5.74) is 10.5. The van der Waals surface area contributed by atoms with Crippen molar-refractivity contribution in [3.05, 3.63) is 0 Å². The molecule has 7 nitrogen and oxygen atoms in total. The van der Waals surface area contributed by atoms with Gasteiger partial charge in [-0.1, -0.05) is 0 Å². The van der Waals surface area contributed by atoms with Crippen molar-refractivity contribution in [2.75, 3.05) is 13.2 Å². The van der Waals surface area contributed by atoms with E-state index in [0.717, 1.165) is 4.90 Å². The molecular weight excluding hydrogens is 226 g/mol. The maximum Gasteiger partial charge on any atom is 0.332 e. The summed E-state index contributed by atoms with van der Waals surface area (Å²) in [4.78, 5) is 35.1. The third-order valence-electron chi connectivity index (χ3n) is 2.04.